The van der Waals surface area contributed by atoms with E-state index in [9.17, 15) is 0 Å². The van der Waals surface area contributed by atoms with Crippen molar-refractivity contribution in [2.75, 3.05) is 0 Å². The van der Waals surface area contributed by atoms with E-state index in [0.717, 1.165) is 5.56 Å². The lowest BCUT2D eigenvalue weighted by Gasteiger charge is -2.11. The molecular weight excluding hydrogens is 252 g/mol. The molecule has 5 aromatic carbocycles. The van der Waals surface area contributed by atoms with E-state index < -0.39 is 0 Å². The highest BCUT2D eigenvalue weighted by Crippen LogP contribution is 2.39. The number of rotatable bonds is 0. The highest BCUT2D eigenvalue weighted by molar-refractivity contribution is 6.29. The van der Waals surface area contributed by atoms with E-state index in [4.69, 9.17) is 0 Å². The van der Waals surface area contributed by atoms with E-state index in [0.29, 0.717) is 0 Å². The maximum Gasteiger partial charge on any atom is 0.134 e. The zero-order valence-electron chi connectivity index (χ0n) is 11.6. The van der Waals surface area contributed by atoms with Gasteiger partial charge in [0.2, 0.25) is 0 Å². The summed E-state index contributed by atoms with van der Waals surface area (Å²) in [6, 6.07) is 24.1. The van der Waals surface area contributed by atoms with Gasteiger partial charge in [-0.05, 0) is 33.7 Å². The molecule has 5 rings (SSSR count). The minimum absolute atomic E-state index is 1.10. The fourth-order valence-electron chi connectivity index (χ4n) is 3.62. The first-order chi connectivity index (χ1) is 10.3. The molecule has 0 aliphatic rings. The van der Waals surface area contributed by atoms with Gasteiger partial charge in [-0.15, -0.1) is 0 Å². The molecule has 0 N–H and O–H groups in total. The third-order valence-corrected chi connectivity index (χ3v) is 4.60. The van der Waals surface area contributed by atoms with Crippen LogP contribution in [0.1, 0.15) is 5.56 Å². The van der Waals surface area contributed by atoms with Crippen molar-refractivity contribution in [3.05, 3.63) is 79.2 Å². The Labute approximate surface area is 123 Å². The summed E-state index contributed by atoms with van der Waals surface area (Å²) in [5.41, 5.74) is 1.10. The molecule has 0 spiro atoms. The molecule has 0 amide bonds. The van der Waals surface area contributed by atoms with E-state index in [1.165, 1.54) is 43.1 Å². The Morgan fingerprint density at radius 2 is 1.24 bits per heavy atom. The lowest BCUT2D eigenvalue weighted by Crippen LogP contribution is -1.87. The normalized spacial score (nSPS) is 12.0. The molecule has 0 heterocycles. The van der Waals surface area contributed by atoms with Crippen molar-refractivity contribution >= 4 is 43.1 Å². The van der Waals surface area contributed by atoms with Gasteiger partial charge in [-0.2, -0.15) is 0 Å². The predicted octanol–water partition coefficient (Wildman–Crippen LogP) is 5.92. The van der Waals surface area contributed by atoms with Gasteiger partial charge in [-0.1, -0.05) is 36.4 Å². The Morgan fingerprint density at radius 3 is 2.19 bits per heavy atom. The van der Waals surface area contributed by atoms with Crippen LogP contribution in [-0.4, -0.2) is 0 Å². The molecule has 0 saturated heterocycles. The molecule has 5 aromatic rings. The standard InChI is InChI=1S/C21H13/c1-13-6-7-14-8-9-16-12-15-4-2-3-5-18(15)19-11-10-17(13)20(14)21(16)19/h2-12H,1H2/q+1. The summed E-state index contributed by atoms with van der Waals surface area (Å²) in [7, 11) is 0. The van der Waals surface area contributed by atoms with Crippen LogP contribution in [0, 0.1) is 6.92 Å². The number of fused-ring (bicyclic) bond motifs is 2. The molecule has 0 saturated carbocycles. The quantitative estimate of drug-likeness (QED) is 0.185. The molecule has 0 nitrogen and oxygen atoms in total. The Balaban J connectivity index is 2.21. The van der Waals surface area contributed by atoms with Crippen molar-refractivity contribution in [1.82, 2.24) is 0 Å². The lowest BCUT2D eigenvalue weighted by molar-refractivity contribution is 1.72. The second-order valence-corrected chi connectivity index (χ2v) is 5.74. The maximum absolute atomic E-state index is 4.19. The third kappa shape index (κ3) is 1.32. The first-order valence-electron chi connectivity index (χ1n) is 7.24. The summed E-state index contributed by atoms with van der Waals surface area (Å²) in [5, 5.41) is 10.6. The summed E-state index contributed by atoms with van der Waals surface area (Å²) in [4.78, 5) is 0. The van der Waals surface area contributed by atoms with Crippen LogP contribution in [0.15, 0.2) is 66.7 Å². The van der Waals surface area contributed by atoms with E-state index in [1.54, 1.807) is 0 Å². The van der Waals surface area contributed by atoms with Gasteiger partial charge in [0.25, 0.3) is 0 Å². The zero-order valence-corrected chi connectivity index (χ0v) is 11.6. The van der Waals surface area contributed by atoms with E-state index in [-0.39, 0.29) is 0 Å². The van der Waals surface area contributed by atoms with Crippen LogP contribution in [0.25, 0.3) is 43.1 Å². The molecule has 0 atom stereocenters. The van der Waals surface area contributed by atoms with Gasteiger partial charge in [0.15, 0.2) is 0 Å². The topological polar surface area (TPSA) is 0 Å². The second kappa shape index (κ2) is 3.67. The van der Waals surface area contributed by atoms with E-state index in [1.807, 2.05) is 0 Å². The summed E-state index contributed by atoms with van der Waals surface area (Å²) >= 11 is 0. The number of hydrogen-bond donors (Lipinski definition) is 0. The molecule has 0 aromatic heterocycles. The van der Waals surface area contributed by atoms with Crippen LogP contribution in [0.3, 0.4) is 0 Å². The van der Waals surface area contributed by atoms with Gasteiger partial charge < -0.3 is 0 Å². The average Bonchev–Trinajstić information content (AvgIpc) is 2.54. The molecular formula is C21H13+. The van der Waals surface area contributed by atoms with Crippen molar-refractivity contribution in [2.45, 2.75) is 0 Å². The summed E-state index contributed by atoms with van der Waals surface area (Å²) in [6.07, 6.45) is 0. The van der Waals surface area contributed by atoms with Crippen molar-refractivity contribution < 1.29 is 0 Å². The molecule has 0 aliphatic heterocycles. The highest BCUT2D eigenvalue weighted by Gasteiger charge is 2.15. The largest absolute Gasteiger partial charge is 0.134 e. The molecule has 21 heavy (non-hydrogen) atoms. The molecule has 0 fully saturated rings. The molecule has 0 heteroatoms. The van der Waals surface area contributed by atoms with Gasteiger partial charge in [0, 0.05) is 35.9 Å². The number of hydrogen-bond acceptors (Lipinski definition) is 0. The van der Waals surface area contributed by atoms with Gasteiger partial charge in [-0.3, -0.25) is 0 Å². The van der Waals surface area contributed by atoms with Crippen molar-refractivity contribution in [1.29, 1.82) is 0 Å². The Kier molecular flexibility index (Phi) is 1.92. The summed E-state index contributed by atoms with van der Waals surface area (Å²) < 4.78 is 0. The van der Waals surface area contributed by atoms with Crippen molar-refractivity contribution in [3.8, 4) is 0 Å². The fraction of sp³-hybridized carbons (Fsp3) is 0. The van der Waals surface area contributed by atoms with Gasteiger partial charge >= 0.3 is 0 Å². The van der Waals surface area contributed by atoms with Crippen LogP contribution in [0.5, 0.6) is 0 Å². The lowest BCUT2D eigenvalue weighted by atomic mass is 9.90. The minimum atomic E-state index is 1.10. The van der Waals surface area contributed by atoms with Crippen LogP contribution < -0.4 is 0 Å². The molecule has 0 radical (unpaired) electrons. The van der Waals surface area contributed by atoms with Crippen LogP contribution in [0.4, 0.5) is 0 Å². The van der Waals surface area contributed by atoms with Crippen LogP contribution >= 0.6 is 0 Å². The minimum Gasteiger partial charge on any atom is -0.0616 e. The highest BCUT2D eigenvalue weighted by atomic mass is 14.1. The summed E-state index contributed by atoms with van der Waals surface area (Å²) in [6.45, 7) is 4.19. The Bertz CT molecular complexity index is 1130. The fourth-order valence-corrected chi connectivity index (χ4v) is 3.62. The second-order valence-electron chi connectivity index (χ2n) is 5.74. The van der Waals surface area contributed by atoms with Crippen LogP contribution in [0.2, 0.25) is 0 Å². The van der Waals surface area contributed by atoms with E-state index in [2.05, 4.69) is 73.7 Å². The third-order valence-electron chi connectivity index (χ3n) is 4.60. The predicted molar refractivity (Wildman–Crippen MR) is 92.1 cm³/mol. The van der Waals surface area contributed by atoms with Crippen LogP contribution in [-0.2, 0) is 0 Å². The smallest absolute Gasteiger partial charge is 0.0616 e. The van der Waals surface area contributed by atoms with Gasteiger partial charge in [0.1, 0.15) is 5.56 Å². The Morgan fingerprint density at radius 1 is 0.524 bits per heavy atom. The zero-order chi connectivity index (χ0) is 14.0. The number of benzene rings is 5. The molecule has 96 valence electrons. The van der Waals surface area contributed by atoms with Gasteiger partial charge in [0.05, 0.1) is 10.8 Å². The summed E-state index contributed by atoms with van der Waals surface area (Å²) in [5.74, 6) is 0. The maximum atomic E-state index is 4.19. The molecule has 0 bridgehead atoms. The molecule has 0 unspecified atom stereocenters. The van der Waals surface area contributed by atoms with Gasteiger partial charge in [-0.25, -0.2) is 0 Å². The first kappa shape index (κ1) is 11.0. The monoisotopic (exact) mass is 265 g/mol. The molecule has 0 aliphatic carbocycles. The first-order valence-corrected chi connectivity index (χ1v) is 7.24. The van der Waals surface area contributed by atoms with Crippen molar-refractivity contribution in [2.24, 2.45) is 0 Å². The average molecular weight is 265 g/mol. The van der Waals surface area contributed by atoms with E-state index >= 15 is 0 Å². The Hall–Kier alpha value is -2.73. The van der Waals surface area contributed by atoms with Crippen molar-refractivity contribution in [3.63, 3.8) is 0 Å². The SMILES string of the molecule is [CH2+]c1ccc2ccc3cc4ccccc4c4ccc1c2c34.